The van der Waals surface area contributed by atoms with Crippen molar-refractivity contribution in [3.63, 3.8) is 0 Å². The Kier molecular flexibility index (Phi) is 7.08. The van der Waals surface area contributed by atoms with E-state index in [0.29, 0.717) is 5.75 Å². The molecule has 0 heterocycles. The van der Waals surface area contributed by atoms with E-state index in [9.17, 15) is 9.59 Å². The number of benzene rings is 1. The van der Waals surface area contributed by atoms with E-state index in [-0.39, 0.29) is 13.0 Å². The van der Waals surface area contributed by atoms with Crippen LogP contribution in [0, 0.1) is 0 Å². The molecule has 1 aromatic carbocycles. The summed E-state index contributed by atoms with van der Waals surface area (Å²) >= 11 is 1.58. The number of alkyl carbamates (subject to hydrolysis) is 1. The van der Waals surface area contributed by atoms with Gasteiger partial charge in [-0.15, -0.1) is 0 Å². The van der Waals surface area contributed by atoms with Crippen LogP contribution in [0.5, 0.6) is 0 Å². The molecule has 0 aliphatic carbocycles. The van der Waals surface area contributed by atoms with Gasteiger partial charge >= 0.3 is 12.1 Å². The quantitative estimate of drug-likeness (QED) is 0.772. The van der Waals surface area contributed by atoms with Gasteiger partial charge in [-0.25, -0.2) is 4.79 Å². The number of carboxylic acid groups (broad SMARTS) is 1. The van der Waals surface area contributed by atoms with Crippen LogP contribution in [0.2, 0.25) is 0 Å². The van der Waals surface area contributed by atoms with Crippen LogP contribution in [-0.2, 0) is 16.1 Å². The average Bonchev–Trinajstić information content (AvgIpc) is 2.43. The van der Waals surface area contributed by atoms with Crippen molar-refractivity contribution in [1.82, 2.24) is 5.32 Å². The number of thioether (sulfide) groups is 1. The minimum atomic E-state index is -0.947. The molecule has 1 unspecified atom stereocenters. The molecule has 0 saturated carbocycles. The Hall–Kier alpha value is -1.69. The van der Waals surface area contributed by atoms with Gasteiger partial charge in [-0.05, 0) is 18.2 Å². The Morgan fingerprint density at radius 1 is 1.33 bits per heavy atom. The maximum atomic E-state index is 11.8. The monoisotopic (exact) mass is 311 g/mol. The molecule has 0 aliphatic heterocycles. The fourth-order valence-corrected chi connectivity index (χ4v) is 2.63. The third-order valence-corrected chi connectivity index (χ3v) is 4.03. The molecule has 0 spiro atoms. The van der Waals surface area contributed by atoms with Crippen LogP contribution in [-0.4, -0.2) is 34.2 Å². The number of amides is 1. The minimum absolute atomic E-state index is 0.138. The molecule has 5 nitrogen and oxygen atoms in total. The fraction of sp³-hybridized carbons (Fsp3) is 0.467. The number of carboxylic acids is 1. The summed E-state index contributed by atoms with van der Waals surface area (Å²) in [5.74, 6) is 0.434. The number of carbonyl (C=O) groups excluding carboxylic acids is 1. The van der Waals surface area contributed by atoms with Gasteiger partial charge in [0.2, 0.25) is 0 Å². The number of aliphatic carboxylic acids is 1. The van der Waals surface area contributed by atoms with E-state index in [0.717, 1.165) is 11.3 Å². The number of nitrogens with one attached hydrogen (secondary N) is 1. The first-order valence-corrected chi connectivity index (χ1v) is 7.89. The molecule has 116 valence electrons. The van der Waals surface area contributed by atoms with Crippen LogP contribution in [0.4, 0.5) is 4.79 Å². The summed E-state index contributed by atoms with van der Waals surface area (Å²) in [6.07, 6.45) is -0.736. The van der Waals surface area contributed by atoms with Gasteiger partial charge in [-0.2, -0.15) is 11.8 Å². The maximum absolute atomic E-state index is 11.8. The highest BCUT2D eigenvalue weighted by Gasteiger charge is 2.29. The molecular formula is C15H21NO4S. The van der Waals surface area contributed by atoms with Crippen LogP contribution in [0.25, 0.3) is 0 Å². The molecule has 0 radical (unpaired) electrons. The Labute approximate surface area is 129 Å². The number of hydrogen-bond acceptors (Lipinski definition) is 4. The van der Waals surface area contributed by atoms with E-state index in [2.05, 4.69) is 5.32 Å². The van der Waals surface area contributed by atoms with Crippen LogP contribution >= 0.6 is 11.8 Å². The highest BCUT2D eigenvalue weighted by molar-refractivity contribution is 7.99. The Bertz CT molecular complexity index is 466. The molecule has 6 heteroatoms. The zero-order chi connectivity index (χ0) is 15.7. The van der Waals surface area contributed by atoms with Gasteiger partial charge in [0.25, 0.3) is 0 Å². The molecule has 1 atom stereocenters. The Morgan fingerprint density at radius 3 is 2.57 bits per heavy atom. The number of rotatable bonds is 8. The van der Waals surface area contributed by atoms with Crippen molar-refractivity contribution >= 4 is 23.8 Å². The highest BCUT2D eigenvalue weighted by Crippen LogP contribution is 2.17. The van der Waals surface area contributed by atoms with Gasteiger partial charge in [-0.3, -0.25) is 4.79 Å². The van der Waals surface area contributed by atoms with Gasteiger partial charge in [0.05, 0.1) is 12.0 Å². The van der Waals surface area contributed by atoms with Crippen molar-refractivity contribution in [3.8, 4) is 0 Å². The zero-order valence-corrected chi connectivity index (χ0v) is 13.1. The van der Waals surface area contributed by atoms with E-state index in [1.54, 1.807) is 18.7 Å². The normalized spacial score (nSPS) is 13.2. The lowest BCUT2D eigenvalue weighted by Gasteiger charge is -2.28. The standard InChI is InChI=1S/C15H21NO4S/c1-3-21-11-15(2,9-13(17)18)16-14(19)20-10-12-7-5-4-6-8-12/h4-8H,3,9-11H2,1-2H3,(H,16,19)(H,17,18). The predicted octanol–water partition coefficient (Wildman–Crippen LogP) is 2.90. The van der Waals surface area contributed by atoms with Crippen molar-refractivity contribution in [3.05, 3.63) is 35.9 Å². The summed E-state index contributed by atoms with van der Waals surface area (Å²) in [7, 11) is 0. The zero-order valence-electron chi connectivity index (χ0n) is 12.3. The lowest BCUT2D eigenvalue weighted by molar-refractivity contribution is -0.138. The molecule has 1 aromatic rings. The highest BCUT2D eigenvalue weighted by atomic mass is 32.2. The summed E-state index contributed by atoms with van der Waals surface area (Å²) < 4.78 is 5.13. The van der Waals surface area contributed by atoms with Gasteiger partial charge in [0, 0.05) is 5.75 Å². The first kappa shape index (κ1) is 17.4. The molecule has 0 saturated heterocycles. The lowest BCUT2D eigenvalue weighted by Crippen LogP contribution is -2.49. The fourth-order valence-electron chi connectivity index (χ4n) is 1.80. The molecule has 0 aliphatic rings. The molecule has 2 N–H and O–H groups in total. The van der Waals surface area contributed by atoms with Gasteiger partial charge in [-0.1, -0.05) is 37.3 Å². The average molecular weight is 311 g/mol. The van der Waals surface area contributed by atoms with Crippen LogP contribution < -0.4 is 5.32 Å². The van der Waals surface area contributed by atoms with E-state index in [1.807, 2.05) is 37.3 Å². The minimum Gasteiger partial charge on any atom is -0.481 e. The van der Waals surface area contributed by atoms with Crippen molar-refractivity contribution in [1.29, 1.82) is 0 Å². The molecule has 0 bridgehead atoms. The number of hydrogen-bond donors (Lipinski definition) is 2. The van der Waals surface area contributed by atoms with Crippen molar-refractivity contribution in [2.75, 3.05) is 11.5 Å². The maximum Gasteiger partial charge on any atom is 0.407 e. The Morgan fingerprint density at radius 2 is 2.00 bits per heavy atom. The van der Waals surface area contributed by atoms with Gasteiger partial charge < -0.3 is 15.2 Å². The smallest absolute Gasteiger partial charge is 0.407 e. The van der Waals surface area contributed by atoms with Crippen molar-refractivity contribution in [2.45, 2.75) is 32.4 Å². The third kappa shape index (κ3) is 7.04. The van der Waals surface area contributed by atoms with Crippen LogP contribution in [0.3, 0.4) is 0 Å². The summed E-state index contributed by atoms with van der Waals surface area (Å²) in [4.78, 5) is 22.8. The van der Waals surface area contributed by atoms with Crippen molar-refractivity contribution in [2.24, 2.45) is 0 Å². The lowest BCUT2D eigenvalue weighted by atomic mass is 10.0. The first-order valence-electron chi connectivity index (χ1n) is 6.73. The van der Waals surface area contributed by atoms with E-state index in [1.165, 1.54) is 0 Å². The Balaban J connectivity index is 2.53. The van der Waals surface area contributed by atoms with Crippen LogP contribution in [0.15, 0.2) is 30.3 Å². The van der Waals surface area contributed by atoms with E-state index >= 15 is 0 Å². The predicted molar refractivity (Wildman–Crippen MR) is 83.4 cm³/mol. The van der Waals surface area contributed by atoms with E-state index < -0.39 is 17.6 Å². The largest absolute Gasteiger partial charge is 0.481 e. The van der Waals surface area contributed by atoms with Crippen molar-refractivity contribution < 1.29 is 19.4 Å². The summed E-state index contributed by atoms with van der Waals surface area (Å²) in [6.45, 7) is 3.86. The van der Waals surface area contributed by atoms with Gasteiger partial charge in [0.15, 0.2) is 0 Å². The van der Waals surface area contributed by atoms with E-state index in [4.69, 9.17) is 9.84 Å². The second-order valence-corrected chi connectivity index (χ2v) is 6.23. The summed E-state index contributed by atoms with van der Waals surface area (Å²) in [6, 6.07) is 9.33. The first-order chi connectivity index (χ1) is 9.95. The third-order valence-electron chi connectivity index (χ3n) is 2.78. The SMILES string of the molecule is CCSCC(C)(CC(=O)O)NC(=O)OCc1ccccc1. The second kappa shape index (κ2) is 8.56. The second-order valence-electron chi connectivity index (χ2n) is 4.96. The molecule has 0 aromatic heterocycles. The van der Waals surface area contributed by atoms with Gasteiger partial charge in [0.1, 0.15) is 6.61 Å². The van der Waals surface area contributed by atoms with Crippen LogP contribution in [0.1, 0.15) is 25.8 Å². The summed E-state index contributed by atoms with van der Waals surface area (Å²) in [5, 5.41) is 11.6. The molecule has 1 amide bonds. The number of ether oxygens (including phenoxy) is 1. The molecule has 21 heavy (non-hydrogen) atoms. The molecule has 1 rings (SSSR count). The number of carbonyl (C=O) groups is 2. The molecule has 0 fully saturated rings. The topological polar surface area (TPSA) is 75.6 Å². The molecular weight excluding hydrogens is 290 g/mol. The summed E-state index contributed by atoms with van der Waals surface area (Å²) in [5.41, 5.74) is 0.0656.